The zero-order chi connectivity index (χ0) is 23.1. The second-order valence-corrected chi connectivity index (χ2v) is 8.18. The topological polar surface area (TPSA) is 60.8 Å². The standard InChI is InChI=1S/C21H25N.C7H6O3/c1-16-14-15-20(17(2)22(16)3)21(18-10-6-4-7-11-18)19-12-8-5-9-13-19;8-6-4-2-1-3-5(6)7(9)10/h4-13,16-17H,14-15H2,1-3H3;1-4,8H,(H,9,10). The Morgan fingerprint density at radius 1 is 0.844 bits per heavy atom. The highest BCUT2D eigenvalue weighted by Gasteiger charge is 2.28. The number of carboxylic acids is 1. The number of para-hydroxylation sites is 1. The highest BCUT2D eigenvalue weighted by molar-refractivity contribution is 5.90. The van der Waals surface area contributed by atoms with Crippen molar-refractivity contribution in [2.24, 2.45) is 0 Å². The summed E-state index contributed by atoms with van der Waals surface area (Å²) in [5.41, 5.74) is 5.59. The molecule has 1 aliphatic heterocycles. The third-order valence-corrected chi connectivity index (χ3v) is 6.22. The maximum Gasteiger partial charge on any atom is 0.339 e. The first-order chi connectivity index (χ1) is 15.4. The maximum absolute atomic E-state index is 10.3. The molecule has 2 atom stereocenters. The van der Waals surface area contributed by atoms with Crippen LogP contribution >= 0.6 is 0 Å². The summed E-state index contributed by atoms with van der Waals surface area (Å²) in [7, 11) is 2.25. The number of hydrogen-bond donors (Lipinski definition) is 2. The van der Waals surface area contributed by atoms with E-state index in [1.54, 1.807) is 17.7 Å². The molecule has 166 valence electrons. The monoisotopic (exact) mass is 429 g/mol. The number of aromatic hydroxyl groups is 1. The Kier molecular flexibility index (Phi) is 7.85. The van der Waals surface area contributed by atoms with E-state index in [-0.39, 0.29) is 11.3 Å². The molecule has 0 amide bonds. The number of likely N-dealkylation sites (tertiary alicyclic amines) is 1. The minimum absolute atomic E-state index is 0.0671. The molecule has 32 heavy (non-hydrogen) atoms. The van der Waals surface area contributed by atoms with Crippen molar-refractivity contribution in [1.29, 1.82) is 0 Å². The summed E-state index contributed by atoms with van der Waals surface area (Å²) in [5, 5.41) is 17.3. The van der Waals surface area contributed by atoms with Crippen molar-refractivity contribution in [3.05, 3.63) is 107 Å². The second-order valence-electron chi connectivity index (χ2n) is 8.18. The molecule has 1 saturated heterocycles. The van der Waals surface area contributed by atoms with Crippen LogP contribution in [0.4, 0.5) is 0 Å². The number of piperidine rings is 1. The summed E-state index contributed by atoms with van der Waals surface area (Å²) < 4.78 is 0. The lowest BCUT2D eigenvalue weighted by Gasteiger charge is -2.39. The summed E-state index contributed by atoms with van der Waals surface area (Å²) in [5.74, 6) is -1.31. The van der Waals surface area contributed by atoms with Crippen molar-refractivity contribution in [2.45, 2.75) is 38.8 Å². The normalized spacial score (nSPS) is 18.4. The van der Waals surface area contributed by atoms with Crippen LogP contribution in [0.15, 0.2) is 90.5 Å². The van der Waals surface area contributed by atoms with E-state index in [4.69, 9.17) is 10.2 Å². The zero-order valence-electron chi connectivity index (χ0n) is 18.9. The number of carboxylic acid groups (broad SMARTS) is 1. The van der Waals surface area contributed by atoms with Gasteiger partial charge in [0.2, 0.25) is 0 Å². The van der Waals surface area contributed by atoms with E-state index >= 15 is 0 Å². The molecule has 0 radical (unpaired) electrons. The number of phenols is 1. The summed E-state index contributed by atoms with van der Waals surface area (Å²) >= 11 is 0. The van der Waals surface area contributed by atoms with Gasteiger partial charge in [-0.15, -0.1) is 0 Å². The minimum atomic E-state index is -1.11. The van der Waals surface area contributed by atoms with Crippen LogP contribution in [0.3, 0.4) is 0 Å². The summed E-state index contributed by atoms with van der Waals surface area (Å²) in [6.45, 7) is 4.68. The van der Waals surface area contributed by atoms with Gasteiger partial charge in [0.25, 0.3) is 0 Å². The van der Waals surface area contributed by atoms with Crippen LogP contribution in [-0.2, 0) is 0 Å². The van der Waals surface area contributed by atoms with Crippen LogP contribution < -0.4 is 0 Å². The minimum Gasteiger partial charge on any atom is -0.507 e. The van der Waals surface area contributed by atoms with E-state index in [0.717, 1.165) is 0 Å². The van der Waals surface area contributed by atoms with E-state index in [1.807, 2.05) is 0 Å². The smallest absolute Gasteiger partial charge is 0.339 e. The van der Waals surface area contributed by atoms with Gasteiger partial charge in [-0.2, -0.15) is 0 Å². The molecule has 0 aromatic heterocycles. The van der Waals surface area contributed by atoms with Crippen molar-refractivity contribution in [3.8, 4) is 5.75 Å². The molecule has 2 unspecified atom stereocenters. The Balaban J connectivity index is 0.000000243. The molecule has 4 heteroatoms. The van der Waals surface area contributed by atoms with Crippen LogP contribution in [0.5, 0.6) is 5.75 Å². The number of nitrogens with zero attached hydrogens (tertiary/aromatic N) is 1. The molecule has 0 spiro atoms. The molecular weight excluding hydrogens is 398 g/mol. The fourth-order valence-electron chi connectivity index (χ4n) is 4.14. The van der Waals surface area contributed by atoms with E-state index < -0.39 is 5.97 Å². The van der Waals surface area contributed by atoms with Crippen LogP contribution in [0, 0.1) is 0 Å². The summed E-state index contributed by atoms with van der Waals surface area (Å²) in [6.07, 6.45) is 2.42. The number of likely N-dealkylation sites (N-methyl/N-ethyl adjacent to an activating group) is 1. The number of rotatable bonds is 3. The average molecular weight is 430 g/mol. The van der Waals surface area contributed by atoms with E-state index in [9.17, 15) is 4.79 Å². The van der Waals surface area contributed by atoms with Gasteiger partial charge in [-0.1, -0.05) is 72.8 Å². The first-order valence-corrected chi connectivity index (χ1v) is 11.0. The third-order valence-electron chi connectivity index (χ3n) is 6.22. The van der Waals surface area contributed by atoms with Gasteiger partial charge in [-0.3, -0.25) is 4.90 Å². The van der Waals surface area contributed by atoms with Crippen molar-refractivity contribution >= 4 is 11.5 Å². The highest BCUT2D eigenvalue weighted by atomic mass is 16.4. The van der Waals surface area contributed by atoms with Crippen LogP contribution in [0.1, 0.15) is 48.2 Å². The lowest BCUT2D eigenvalue weighted by Crippen LogP contribution is -2.42. The quantitative estimate of drug-likeness (QED) is 0.530. The van der Waals surface area contributed by atoms with Gasteiger partial charge < -0.3 is 10.2 Å². The maximum atomic E-state index is 10.3. The van der Waals surface area contributed by atoms with Crippen LogP contribution in [0.2, 0.25) is 0 Å². The Bertz CT molecular complexity index is 1020. The molecule has 0 aliphatic carbocycles. The van der Waals surface area contributed by atoms with Gasteiger partial charge in [-0.05, 0) is 68.1 Å². The number of hydrogen-bond acceptors (Lipinski definition) is 3. The average Bonchev–Trinajstić information content (AvgIpc) is 2.81. The summed E-state index contributed by atoms with van der Waals surface area (Å²) in [6, 6.07) is 28.6. The number of benzene rings is 3. The number of aromatic carboxylic acids is 1. The highest BCUT2D eigenvalue weighted by Crippen LogP contribution is 2.36. The van der Waals surface area contributed by atoms with Gasteiger partial charge in [-0.25, -0.2) is 4.79 Å². The van der Waals surface area contributed by atoms with Crippen LogP contribution in [-0.4, -0.2) is 40.2 Å². The molecule has 4 rings (SSSR count). The molecule has 1 fully saturated rings. The van der Waals surface area contributed by atoms with Crippen molar-refractivity contribution in [3.63, 3.8) is 0 Å². The molecule has 0 bridgehead atoms. The first-order valence-electron chi connectivity index (χ1n) is 11.0. The molecule has 3 aromatic carbocycles. The third kappa shape index (κ3) is 5.45. The Morgan fingerprint density at radius 3 is 1.81 bits per heavy atom. The Labute approximate surface area is 190 Å². The molecule has 4 nitrogen and oxygen atoms in total. The Hall–Kier alpha value is -3.37. The van der Waals surface area contributed by atoms with Gasteiger partial charge in [0, 0.05) is 12.1 Å². The predicted molar refractivity (Wildman–Crippen MR) is 130 cm³/mol. The lowest BCUT2D eigenvalue weighted by molar-refractivity contribution is 0.0693. The lowest BCUT2D eigenvalue weighted by atomic mass is 9.84. The van der Waals surface area contributed by atoms with E-state index in [0.29, 0.717) is 12.1 Å². The van der Waals surface area contributed by atoms with E-state index in [1.165, 1.54) is 41.7 Å². The van der Waals surface area contributed by atoms with Crippen molar-refractivity contribution in [1.82, 2.24) is 4.90 Å². The summed E-state index contributed by atoms with van der Waals surface area (Å²) in [4.78, 5) is 12.8. The zero-order valence-corrected chi connectivity index (χ0v) is 18.9. The fraction of sp³-hybridized carbons (Fsp3) is 0.250. The van der Waals surface area contributed by atoms with Gasteiger partial charge in [0.05, 0.1) is 0 Å². The molecule has 3 aromatic rings. The fourth-order valence-corrected chi connectivity index (χ4v) is 4.14. The van der Waals surface area contributed by atoms with Crippen molar-refractivity contribution in [2.75, 3.05) is 7.05 Å². The van der Waals surface area contributed by atoms with Gasteiger partial charge in [0.15, 0.2) is 0 Å². The van der Waals surface area contributed by atoms with Gasteiger partial charge in [0.1, 0.15) is 11.3 Å². The van der Waals surface area contributed by atoms with Crippen LogP contribution in [0.25, 0.3) is 5.57 Å². The van der Waals surface area contributed by atoms with Gasteiger partial charge >= 0.3 is 5.97 Å². The molecule has 0 saturated carbocycles. The Morgan fingerprint density at radius 2 is 1.34 bits per heavy atom. The second kappa shape index (κ2) is 10.8. The number of carbonyl (C=O) groups is 1. The molecular formula is C28H31NO3. The first kappa shape index (κ1) is 23.3. The van der Waals surface area contributed by atoms with E-state index in [2.05, 4.69) is 86.5 Å². The predicted octanol–water partition coefficient (Wildman–Crippen LogP) is 6.08. The SMILES string of the molecule is CC1CCC(=C(c2ccccc2)c2ccccc2)C(C)N1C.O=C(O)c1ccccc1O. The molecule has 1 heterocycles. The van der Waals surface area contributed by atoms with Crippen molar-refractivity contribution < 1.29 is 15.0 Å². The molecule has 1 aliphatic rings. The molecule has 2 N–H and O–H groups in total. The largest absolute Gasteiger partial charge is 0.507 e.